The first-order chi connectivity index (χ1) is 10.0. The van der Waals surface area contributed by atoms with Crippen LogP contribution in [0.25, 0.3) is 0 Å². The van der Waals surface area contributed by atoms with Crippen LogP contribution in [0.15, 0.2) is 18.2 Å². The number of carbonyl (C=O) groups is 1. The van der Waals surface area contributed by atoms with E-state index in [0.29, 0.717) is 28.4 Å². The van der Waals surface area contributed by atoms with Gasteiger partial charge in [-0.05, 0) is 41.2 Å². The zero-order valence-electron chi connectivity index (χ0n) is 11.3. The Kier molecular flexibility index (Phi) is 3.82. The monoisotopic (exact) mass is 325 g/mol. The number of benzene rings is 1. The summed E-state index contributed by atoms with van der Waals surface area (Å²) >= 11 is 12.1. The number of nitrogens with one attached hydrogen (secondary N) is 1. The molecule has 1 fully saturated rings. The Labute approximate surface area is 131 Å². The van der Waals surface area contributed by atoms with Crippen LogP contribution in [0.2, 0.25) is 10.0 Å². The van der Waals surface area contributed by atoms with Crippen LogP contribution in [-0.4, -0.2) is 32.7 Å². The van der Waals surface area contributed by atoms with Crippen molar-refractivity contribution in [3.63, 3.8) is 0 Å². The highest BCUT2D eigenvalue weighted by molar-refractivity contribution is 6.35. The van der Waals surface area contributed by atoms with Gasteiger partial charge >= 0.3 is 0 Å². The highest BCUT2D eigenvalue weighted by Gasteiger charge is 2.39. The van der Waals surface area contributed by atoms with E-state index in [1.165, 1.54) is 4.80 Å². The average Bonchev–Trinajstić information content (AvgIpc) is 3.07. The Morgan fingerprint density at radius 2 is 2.29 bits per heavy atom. The van der Waals surface area contributed by atoms with Crippen LogP contribution in [0.3, 0.4) is 0 Å². The number of hydrogen-bond acceptors (Lipinski definition) is 4. The van der Waals surface area contributed by atoms with Crippen molar-refractivity contribution in [2.45, 2.75) is 12.3 Å². The van der Waals surface area contributed by atoms with Gasteiger partial charge in [-0.15, -0.1) is 10.2 Å². The Balaban J connectivity index is 1.55. The maximum Gasteiger partial charge on any atom is 0.292 e. The second-order valence-corrected chi connectivity index (χ2v) is 5.92. The number of aromatic nitrogens is 4. The Bertz CT molecular complexity index is 687. The molecule has 1 aromatic heterocycles. The topological polar surface area (TPSA) is 72.7 Å². The molecule has 1 aliphatic rings. The fraction of sp³-hybridized carbons (Fsp3) is 0.385. The van der Waals surface area contributed by atoms with Crippen LogP contribution in [0.4, 0.5) is 0 Å². The van der Waals surface area contributed by atoms with E-state index in [4.69, 9.17) is 23.2 Å². The molecular weight excluding hydrogens is 313 g/mol. The van der Waals surface area contributed by atoms with Crippen molar-refractivity contribution in [2.75, 3.05) is 6.54 Å². The second-order valence-electron chi connectivity index (χ2n) is 5.08. The van der Waals surface area contributed by atoms with E-state index in [0.717, 1.165) is 12.0 Å². The molecule has 2 atom stereocenters. The Morgan fingerprint density at radius 3 is 2.95 bits per heavy atom. The van der Waals surface area contributed by atoms with Gasteiger partial charge < -0.3 is 5.32 Å². The quantitative estimate of drug-likeness (QED) is 0.933. The maximum absolute atomic E-state index is 11.8. The lowest BCUT2D eigenvalue weighted by molar-refractivity contribution is 0.0941. The van der Waals surface area contributed by atoms with Crippen LogP contribution >= 0.6 is 23.2 Å². The van der Waals surface area contributed by atoms with E-state index in [1.807, 2.05) is 12.1 Å². The summed E-state index contributed by atoms with van der Waals surface area (Å²) in [7, 11) is 1.61. The molecule has 1 N–H and O–H groups in total. The van der Waals surface area contributed by atoms with Gasteiger partial charge in [0, 0.05) is 16.6 Å². The molecule has 0 saturated heterocycles. The largest absolute Gasteiger partial charge is 0.349 e. The summed E-state index contributed by atoms with van der Waals surface area (Å²) in [5, 5.41) is 15.3. The lowest BCUT2D eigenvalue weighted by atomic mass is 10.1. The summed E-state index contributed by atoms with van der Waals surface area (Å²) in [5.74, 6) is 0.518. The molecule has 1 amide bonds. The molecule has 0 radical (unpaired) electrons. The minimum atomic E-state index is -0.309. The first-order valence-corrected chi connectivity index (χ1v) is 7.27. The summed E-state index contributed by atoms with van der Waals surface area (Å²) in [4.78, 5) is 13.1. The SMILES string of the molecule is Cn1nnc(C(=O)NC[C@H]2C[C@@H]2c2ccc(Cl)cc2Cl)n1. The van der Waals surface area contributed by atoms with Gasteiger partial charge in [-0.3, -0.25) is 4.79 Å². The third kappa shape index (κ3) is 3.16. The minimum Gasteiger partial charge on any atom is -0.349 e. The summed E-state index contributed by atoms with van der Waals surface area (Å²) in [6, 6.07) is 5.53. The van der Waals surface area contributed by atoms with Gasteiger partial charge in [-0.1, -0.05) is 29.3 Å². The van der Waals surface area contributed by atoms with Crippen LogP contribution in [0.5, 0.6) is 0 Å². The zero-order valence-corrected chi connectivity index (χ0v) is 12.8. The van der Waals surface area contributed by atoms with Crippen LogP contribution in [-0.2, 0) is 7.05 Å². The highest BCUT2D eigenvalue weighted by atomic mass is 35.5. The highest BCUT2D eigenvalue weighted by Crippen LogP contribution is 2.49. The molecule has 1 heterocycles. The molecule has 0 bridgehead atoms. The van der Waals surface area contributed by atoms with E-state index in [9.17, 15) is 4.79 Å². The predicted octanol–water partition coefficient (Wildman–Crippen LogP) is 2.05. The lowest BCUT2D eigenvalue weighted by Gasteiger charge is -2.05. The van der Waals surface area contributed by atoms with Crippen LogP contribution in [0.1, 0.15) is 28.5 Å². The van der Waals surface area contributed by atoms with Crippen molar-refractivity contribution in [1.82, 2.24) is 25.5 Å². The van der Waals surface area contributed by atoms with Crippen molar-refractivity contribution in [1.29, 1.82) is 0 Å². The molecule has 1 aliphatic carbocycles. The average molecular weight is 326 g/mol. The molecule has 0 unspecified atom stereocenters. The number of nitrogens with zero attached hydrogens (tertiary/aromatic N) is 4. The minimum absolute atomic E-state index is 0.0826. The molecule has 8 heteroatoms. The lowest BCUT2D eigenvalue weighted by Crippen LogP contribution is -2.27. The zero-order chi connectivity index (χ0) is 15.0. The van der Waals surface area contributed by atoms with Crippen molar-refractivity contribution in [2.24, 2.45) is 13.0 Å². The van der Waals surface area contributed by atoms with Gasteiger partial charge in [0.05, 0.1) is 7.05 Å². The normalized spacial score (nSPS) is 20.3. The fourth-order valence-electron chi connectivity index (χ4n) is 2.33. The summed E-state index contributed by atoms with van der Waals surface area (Å²) < 4.78 is 0. The number of hydrogen-bond donors (Lipinski definition) is 1. The summed E-state index contributed by atoms with van der Waals surface area (Å²) in [5.41, 5.74) is 1.08. The van der Waals surface area contributed by atoms with Crippen molar-refractivity contribution in [3.05, 3.63) is 39.6 Å². The smallest absolute Gasteiger partial charge is 0.292 e. The Morgan fingerprint density at radius 1 is 1.48 bits per heavy atom. The first-order valence-electron chi connectivity index (χ1n) is 6.51. The van der Waals surface area contributed by atoms with Crippen molar-refractivity contribution in [3.8, 4) is 0 Å². The molecule has 0 aliphatic heterocycles. The fourth-order valence-corrected chi connectivity index (χ4v) is 2.88. The molecular formula is C13H13Cl2N5O. The number of amides is 1. The van der Waals surface area contributed by atoms with Gasteiger partial charge in [0.2, 0.25) is 0 Å². The van der Waals surface area contributed by atoms with E-state index < -0.39 is 0 Å². The molecule has 1 aromatic carbocycles. The molecule has 2 aromatic rings. The van der Waals surface area contributed by atoms with Crippen molar-refractivity contribution >= 4 is 29.1 Å². The van der Waals surface area contributed by atoms with Gasteiger partial charge in [0.15, 0.2) is 0 Å². The number of carbonyl (C=O) groups excluding carboxylic acids is 1. The molecule has 0 spiro atoms. The molecule has 3 rings (SSSR count). The van der Waals surface area contributed by atoms with E-state index in [2.05, 4.69) is 20.7 Å². The second kappa shape index (κ2) is 5.61. The first kappa shape index (κ1) is 14.3. The number of rotatable bonds is 4. The van der Waals surface area contributed by atoms with Gasteiger partial charge in [-0.2, -0.15) is 4.80 Å². The van der Waals surface area contributed by atoms with E-state index >= 15 is 0 Å². The van der Waals surface area contributed by atoms with Crippen molar-refractivity contribution < 1.29 is 4.79 Å². The summed E-state index contributed by atoms with van der Waals surface area (Å²) in [6.45, 7) is 0.570. The van der Waals surface area contributed by atoms with E-state index in [1.54, 1.807) is 13.1 Å². The van der Waals surface area contributed by atoms with E-state index in [-0.39, 0.29) is 11.7 Å². The third-order valence-electron chi connectivity index (χ3n) is 3.52. The molecule has 1 saturated carbocycles. The van der Waals surface area contributed by atoms with Gasteiger partial charge in [0.1, 0.15) is 0 Å². The number of aryl methyl sites for hydroxylation is 1. The van der Waals surface area contributed by atoms with Crippen LogP contribution < -0.4 is 5.32 Å². The third-order valence-corrected chi connectivity index (χ3v) is 4.08. The van der Waals surface area contributed by atoms with Gasteiger partial charge in [-0.25, -0.2) is 0 Å². The maximum atomic E-state index is 11.8. The Hall–Kier alpha value is -1.66. The summed E-state index contributed by atoms with van der Waals surface area (Å²) in [6.07, 6.45) is 0.996. The standard InChI is InChI=1S/C13H13Cl2N5O/c1-20-18-12(17-19-20)13(21)16-6-7-4-10(7)9-3-2-8(14)5-11(9)15/h2-3,5,7,10H,4,6H2,1H3,(H,16,21)/t7-,10+/m1/s1. The number of tetrazole rings is 1. The molecule has 21 heavy (non-hydrogen) atoms. The predicted molar refractivity (Wildman–Crippen MR) is 78.4 cm³/mol. The van der Waals surface area contributed by atoms with Crippen LogP contribution in [0, 0.1) is 5.92 Å². The number of halogens is 2. The molecule has 6 nitrogen and oxygen atoms in total. The molecule has 110 valence electrons. The van der Waals surface area contributed by atoms with Gasteiger partial charge in [0.25, 0.3) is 11.7 Å².